The average Bonchev–Trinajstić information content (AvgIpc) is 2.75. The lowest BCUT2D eigenvalue weighted by Gasteiger charge is -2.48. The number of halogens is 1. The van der Waals surface area contributed by atoms with Gasteiger partial charge in [-0.2, -0.15) is 0 Å². The Morgan fingerprint density at radius 3 is 2.33 bits per heavy atom. The highest BCUT2D eigenvalue weighted by molar-refractivity contribution is 5.88. The average molecular weight is 212 g/mol. The number of rotatable bonds is 1. The van der Waals surface area contributed by atoms with Crippen molar-refractivity contribution in [3.8, 4) is 0 Å². The summed E-state index contributed by atoms with van der Waals surface area (Å²) in [6.45, 7) is 3.74. The summed E-state index contributed by atoms with van der Waals surface area (Å²) >= 11 is 0. The van der Waals surface area contributed by atoms with E-state index in [2.05, 4.69) is 11.9 Å². The van der Waals surface area contributed by atoms with Gasteiger partial charge in [-0.1, -0.05) is 0 Å². The zero-order valence-electron chi connectivity index (χ0n) is 9.13. The highest BCUT2D eigenvalue weighted by atomic mass is 19.1. The third kappa shape index (κ3) is 1.38. The Balaban J connectivity index is 1.60. The first kappa shape index (κ1) is 9.58. The van der Waals surface area contributed by atoms with Gasteiger partial charge in [0.05, 0.1) is 0 Å². The second-order valence-electron chi connectivity index (χ2n) is 5.61. The third-order valence-corrected chi connectivity index (χ3v) is 4.04. The molecule has 1 spiro atoms. The maximum atomic E-state index is 13.5. The lowest BCUT2D eigenvalue weighted by molar-refractivity contribution is -0.149. The quantitative estimate of drug-likeness (QED) is 0.637. The number of alkyl halides is 1. The molecule has 3 fully saturated rings. The Morgan fingerprint density at radius 1 is 1.20 bits per heavy atom. The van der Waals surface area contributed by atoms with E-state index in [-0.39, 0.29) is 5.91 Å². The first-order valence-corrected chi connectivity index (χ1v) is 5.70. The van der Waals surface area contributed by atoms with Crippen LogP contribution in [0.15, 0.2) is 0 Å². The monoisotopic (exact) mass is 212 g/mol. The van der Waals surface area contributed by atoms with Crippen LogP contribution in [0.5, 0.6) is 0 Å². The molecule has 4 heteroatoms. The molecule has 2 aliphatic heterocycles. The van der Waals surface area contributed by atoms with Crippen LogP contribution in [0.1, 0.15) is 19.3 Å². The fourth-order valence-corrected chi connectivity index (χ4v) is 2.93. The van der Waals surface area contributed by atoms with E-state index >= 15 is 0 Å². The van der Waals surface area contributed by atoms with Gasteiger partial charge in [-0.05, 0) is 32.9 Å². The van der Waals surface area contributed by atoms with Gasteiger partial charge < -0.3 is 9.80 Å². The Hall–Kier alpha value is -0.640. The third-order valence-electron chi connectivity index (χ3n) is 4.04. The first-order chi connectivity index (χ1) is 7.03. The number of hydrogen-bond donors (Lipinski definition) is 0. The molecule has 2 saturated heterocycles. The number of amides is 1. The van der Waals surface area contributed by atoms with Gasteiger partial charge in [-0.15, -0.1) is 0 Å². The molecule has 1 aliphatic carbocycles. The van der Waals surface area contributed by atoms with Gasteiger partial charge in [0, 0.05) is 25.0 Å². The van der Waals surface area contributed by atoms with E-state index < -0.39 is 5.67 Å². The molecular weight excluding hydrogens is 195 g/mol. The lowest BCUT2D eigenvalue weighted by atomic mass is 9.79. The van der Waals surface area contributed by atoms with Crippen molar-refractivity contribution >= 4 is 5.91 Å². The summed E-state index contributed by atoms with van der Waals surface area (Å²) in [5.74, 6) is -0.248. The molecule has 1 amide bonds. The Labute approximate surface area is 89.2 Å². The number of nitrogens with zero attached hydrogens (tertiary/aromatic N) is 2. The number of likely N-dealkylation sites (tertiary alicyclic amines) is 2. The van der Waals surface area contributed by atoms with Gasteiger partial charge in [0.15, 0.2) is 5.67 Å². The Bertz CT molecular complexity index is 308. The topological polar surface area (TPSA) is 23.6 Å². The van der Waals surface area contributed by atoms with Crippen LogP contribution in [0.25, 0.3) is 0 Å². The molecular formula is C11H17FN2O. The van der Waals surface area contributed by atoms with Crippen LogP contribution in [-0.4, -0.2) is 54.6 Å². The molecule has 15 heavy (non-hydrogen) atoms. The summed E-state index contributed by atoms with van der Waals surface area (Å²) in [7, 11) is 2.11. The van der Waals surface area contributed by atoms with Crippen LogP contribution in [0.2, 0.25) is 0 Å². The van der Waals surface area contributed by atoms with Crippen molar-refractivity contribution in [3.05, 3.63) is 0 Å². The summed E-state index contributed by atoms with van der Waals surface area (Å²) < 4.78 is 13.5. The molecule has 0 bridgehead atoms. The van der Waals surface area contributed by atoms with Crippen LogP contribution >= 0.6 is 0 Å². The SMILES string of the molecule is CN1CCC2(C1)CN(C(=O)C1(F)CC1)C2. The Morgan fingerprint density at radius 2 is 1.87 bits per heavy atom. The summed E-state index contributed by atoms with van der Waals surface area (Å²) in [6.07, 6.45) is 2.04. The van der Waals surface area contributed by atoms with Gasteiger partial charge in [-0.3, -0.25) is 4.79 Å². The zero-order chi connectivity index (χ0) is 10.7. The number of carbonyl (C=O) groups is 1. The molecule has 3 aliphatic rings. The molecule has 0 N–H and O–H groups in total. The minimum absolute atomic E-state index is 0.248. The molecule has 0 atom stereocenters. The summed E-state index contributed by atoms with van der Waals surface area (Å²) in [5.41, 5.74) is -1.16. The van der Waals surface area contributed by atoms with E-state index in [1.165, 1.54) is 0 Å². The van der Waals surface area contributed by atoms with Crippen molar-refractivity contribution in [1.82, 2.24) is 9.80 Å². The van der Waals surface area contributed by atoms with Crippen LogP contribution in [0.3, 0.4) is 0 Å². The molecule has 0 radical (unpaired) electrons. The van der Waals surface area contributed by atoms with Crippen molar-refractivity contribution in [1.29, 1.82) is 0 Å². The fraction of sp³-hybridized carbons (Fsp3) is 0.909. The van der Waals surface area contributed by atoms with Crippen molar-refractivity contribution in [2.45, 2.75) is 24.9 Å². The minimum atomic E-state index is -1.47. The fourth-order valence-electron chi connectivity index (χ4n) is 2.93. The summed E-state index contributed by atoms with van der Waals surface area (Å²) in [5, 5.41) is 0. The van der Waals surface area contributed by atoms with Crippen molar-refractivity contribution in [2.24, 2.45) is 5.41 Å². The predicted molar refractivity (Wildman–Crippen MR) is 54.2 cm³/mol. The number of carbonyl (C=O) groups excluding carboxylic acids is 1. The summed E-state index contributed by atoms with van der Waals surface area (Å²) in [6, 6.07) is 0. The molecule has 0 aromatic rings. The predicted octanol–water partition coefficient (Wildman–Crippen LogP) is 0.653. The van der Waals surface area contributed by atoms with Crippen molar-refractivity contribution in [3.63, 3.8) is 0 Å². The highest BCUT2D eigenvalue weighted by Gasteiger charge is 2.58. The first-order valence-electron chi connectivity index (χ1n) is 5.70. The standard InChI is InChI=1S/C11H17FN2O/c1-13-5-4-10(6-13)7-14(8-10)9(15)11(12)2-3-11/h2-8H2,1H3. The molecule has 84 valence electrons. The smallest absolute Gasteiger partial charge is 0.260 e. The second kappa shape index (κ2) is 2.73. The van der Waals surface area contributed by atoms with Crippen molar-refractivity contribution in [2.75, 3.05) is 33.2 Å². The van der Waals surface area contributed by atoms with Gasteiger partial charge in [-0.25, -0.2) is 4.39 Å². The molecule has 3 rings (SSSR count). The van der Waals surface area contributed by atoms with Crippen LogP contribution in [0, 0.1) is 5.41 Å². The van der Waals surface area contributed by atoms with Gasteiger partial charge >= 0.3 is 0 Å². The Kier molecular flexibility index (Phi) is 1.74. The van der Waals surface area contributed by atoms with Crippen LogP contribution in [-0.2, 0) is 4.79 Å². The van der Waals surface area contributed by atoms with E-state index in [0.717, 1.165) is 32.6 Å². The molecule has 3 nitrogen and oxygen atoms in total. The van der Waals surface area contributed by atoms with E-state index in [0.29, 0.717) is 18.3 Å². The summed E-state index contributed by atoms with van der Waals surface area (Å²) in [4.78, 5) is 15.7. The van der Waals surface area contributed by atoms with Crippen LogP contribution in [0.4, 0.5) is 4.39 Å². The minimum Gasteiger partial charge on any atom is -0.339 e. The van der Waals surface area contributed by atoms with Crippen molar-refractivity contribution < 1.29 is 9.18 Å². The van der Waals surface area contributed by atoms with Gasteiger partial charge in [0.1, 0.15) is 0 Å². The molecule has 0 aromatic carbocycles. The normalized spacial score (nSPS) is 31.7. The maximum Gasteiger partial charge on any atom is 0.260 e. The van der Waals surface area contributed by atoms with Gasteiger partial charge in [0.25, 0.3) is 5.91 Å². The molecule has 0 unspecified atom stereocenters. The molecule has 2 heterocycles. The second-order valence-corrected chi connectivity index (χ2v) is 5.61. The van der Waals surface area contributed by atoms with E-state index in [1.807, 2.05) is 0 Å². The number of hydrogen-bond acceptors (Lipinski definition) is 2. The van der Waals surface area contributed by atoms with Crippen LogP contribution < -0.4 is 0 Å². The lowest BCUT2D eigenvalue weighted by Crippen LogP contribution is -2.61. The van der Waals surface area contributed by atoms with E-state index in [1.54, 1.807) is 4.90 Å². The highest BCUT2D eigenvalue weighted by Crippen LogP contribution is 2.46. The van der Waals surface area contributed by atoms with E-state index in [4.69, 9.17) is 0 Å². The largest absolute Gasteiger partial charge is 0.339 e. The zero-order valence-corrected chi connectivity index (χ0v) is 9.13. The molecule has 0 aromatic heterocycles. The maximum absolute atomic E-state index is 13.5. The molecule has 1 saturated carbocycles. The van der Waals surface area contributed by atoms with Gasteiger partial charge in [0.2, 0.25) is 0 Å². The van der Waals surface area contributed by atoms with E-state index in [9.17, 15) is 9.18 Å².